The Bertz CT molecular complexity index is 871. The summed E-state index contributed by atoms with van der Waals surface area (Å²) in [4.78, 5) is 14.2. The smallest absolute Gasteiger partial charge is 0.336 e. The summed E-state index contributed by atoms with van der Waals surface area (Å²) in [6, 6.07) is 8.67. The van der Waals surface area contributed by atoms with Crippen LogP contribution in [0.25, 0.3) is 0 Å². The molecule has 1 amide bonds. The fourth-order valence-electron chi connectivity index (χ4n) is 3.31. The topological polar surface area (TPSA) is 32.3 Å². The molecule has 0 unspecified atom stereocenters. The summed E-state index contributed by atoms with van der Waals surface area (Å²) >= 11 is 0. The molecule has 0 atom stereocenters. The molecule has 1 aliphatic heterocycles. The van der Waals surface area contributed by atoms with Gasteiger partial charge < -0.3 is 10.2 Å². The van der Waals surface area contributed by atoms with Crippen LogP contribution in [0.1, 0.15) is 32.6 Å². The molecule has 0 aromatic heterocycles. The van der Waals surface area contributed by atoms with Gasteiger partial charge in [-0.25, -0.2) is 0 Å². The first kappa shape index (κ1) is 21.2. The maximum absolute atomic E-state index is 13.7. The van der Waals surface area contributed by atoms with Crippen LogP contribution >= 0.6 is 0 Å². The van der Waals surface area contributed by atoms with Crippen LogP contribution in [0, 0.1) is 0 Å². The molecular formula is C20H18F6N2O. The zero-order chi connectivity index (χ0) is 21.2. The summed E-state index contributed by atoms with van der Waals surface area (Å²) < 4.78 is 81.0. The lowest BCUT2D eigenvalue weighted by Gasteiger charge is -2.29. The fourth-order valence-corrected chi connectivity index (χ4v) is 3.31. The van der Waals surface area contributed by atoms with E-state index < -0.39 is 40.5 Å². The number of hydrogen-bond acceptors (Lipinski definition) is 2. The number of benzene rings is 2. The Balaban J connectivity index is 2.19. The summed E-state index contributed by atoms with van der Waals surface area (Å²) in [5, 5.41) is 2.99. The summed E-state index contributed by atoms with van der Waals surface area (Å²) in [6.45, 7) is 1.26. The molecule has 0 aliphatic carbocycles. The van der Waals surface area contributed by atoms with E-state index in [2.05, 4.69) is 5.32 Å². The van der Waals surface area contributed by atoms with Crippen LogP contribution in [0.15, 0.2) is 42.5 Å². The number of rotatable bonds is 3. The number of nitrogens with zero attached hydrogens (tertiary/aromatic N) is 1. The van der Waals surface area contributed by atoms with Gasteiger partial charge in [0.1, 0.15) is 0 Å². The minimum atomic E-state index is -5.04. The number of amides is 1. The molecule has 0 bridgehead atoms. The van der Waals surface area contributed by atoms with Gasteiger partial charge >= 0.3 is 12.4 Å². The van der Waals surface area contributed by atoms with E-state index in [0.29, 0.717) is 24.7 Å². The monoisotopic (exact) mass is 416 g/mol. The number of halogens is 6. The molecule has 0 radical (unpaired) electrons. The molecule has 2 aromatic rings. The highest BCUT2D eigenvalue weighted by Gasteiger charge is 2.40. The Morgan fingerprint density at radius 1 is 0.931 bits per heavy atom. The predicted molar refractivity (Wildman–Crippen MR) is 94.5 cm³/mol. The maximum atomic E-state index is 13.7. The lowest BCUT2D eigenvalue weighted by Crippen LogP contribution is -2.46. The van der Waals surface area contributed by atoms with Crippen LogP contribution in [-0.4, -0.2) is 37.0 Å². The number of carbonyl (C=O) groups excluding carboxylic acids is 1. The third-order valence-corrected chi connectivity index (χ3v) is 4.74. The first-order chi connectivity index (χ1) is 13.6. The van der Waals surface area contributed by atoms with Crippen molar-refractivity contribution >= 4 is 5.91 Å². The Morgan fingerprint density at radius 3 is 2.10 bits per heavy atom. The quantitative estimate of drug-likeness (QED) is 0.755. The van der Waals surface area contributed by atoms with Gasteiger partial charge in [-0.1, -0.05) is 30.3 Å². The van der Waals surface area contributed by atoms with Gasteiger partial charge in [-0.05, 0) is 29.7 Å². The van der Waals surface area contributed by atoms with Crippen molar-refractivity contribution in [1.29, 1.82) is 0 Å². The highest BCUT2D eigenvalue weighted by molar-refractivity contribution is 5.96. The highest BCUT2D eigenvalue weighted by Crippen LogP contribution is 2.40. The van der Waals surface area contributed by atoms with Gasteiger partial charge in [0.05, 0.1) is 11.1 Å². The van der Waals surface area contributed by atoms with Gasteiger partial charge in [0, 0.05) is 31.7 Å². The molecule has 0 spiro atoms. The number of nitrogens with one attached hydrogen (secondary N) is 1. The number of alkyl halides is 6. The van der Waals surface area contributed by atoms with Crippen molar-refractivity contribution in [2.75, 3.05) is 26.2 Å². The molecule has 156 valence electrons. The van der Waals surface area contributed by atoms with Crippen LogP contribution in [0.5, 0.6) is 0 Å². The van der Waals surface area contributed by atoms with Crippen molar-refractivity contribution in [2.45, 2.75) is 18.8 Å². The third-order valence-electron chi connectivity index (χ3n) is 4.74. The van der Waals surface area contributed by atoms with Crippen LogP contribution in [-0.2, 0) is 18.8 Å². The molecule has 0 saturated carbocycles. The second kappa shape index (κ2) is 8.06. The Kier molecular flexibility index (Phi) is 5.88. The summed E-state index contributed by atoms with van der Waals surface area (Å²) in [6.07, 6.45) is -10.4. The van der Waals surface area contributed by atoms with Gasteiger partial charge in [0.25, 0.3) is 5.91 Å². The first-order valence-corrected chi connectivity index (χ1v) is 8.92. The highest BCUT2D eigenvalue weighted by atomic mass is 19.4. The number of piperazine rings is 1. The third kappa shape index (κ3) is 4.90. The number of hydrogen-bond donors (Lipinski definition) is 1. The summed E-state index contributed by atoms with van der Waals surface area (Å²) in [5.41, 5.74) is -3.46. The van der Waals surface area contributed by atoms with E-state index >= 15 is 0 Å². The maximum Gasteiger partial charge on any atom is 0.416 e. The van der Waals surface area contributed by atoms with E-state index in [-0.39, 0.29) is 25.6 Å². The minimum Gasteiger partial charge on any atom is -0.336 e. The molecule has 1 heterocycles. The van der Waals surface area contributed by atoms with Gasteiger partial charge in [-0.15, -0.1) is 0 Å². The average Bonchev–Trinajstić information content (AvgIpc) is 2.67. The van der Waals surface area contributed by atoms with Crippen molar-refractivity contribution in [2.24, 2.45) is 0 Å². The predicted octanol–water partition coefficient (Wildman–Crippen LogP) is 4.36. The summed E-state index contributed by atoms with van der Waals surface area (Å²) in [5.74, 6) is -0.825. The summed E-state index contributed by atoms with van der Waals surface area (Å²) in [7, 11) is 0. The Labute approximate surface area is 163 Å². The molecule has 1 N–H and O–H groups in total. The molecular weight excluding hydrogens is 398 g/mol. The zero-order valence-corrected chi connectivity index (χ0v) is 15.2. The van der Waals surface area contributed by atoms with Crippen LogP contribution < -0.4 is 5.32 Å². The van der Waals surface area contributed by atoms with Gasteiger partial charge in [-0.2, -0.15) is 26.3 Å². The molecule has 2 aromatic carbocycles. The minimum absolute atomic E-state index is 0.0901. The normalized spacial score (nSPS) is 15.4. The molecule has 9 heteroatoms. The lowest BCUT2D eigenvalue weighted by molar-refractivity contribution is -0.143. The molecule has 1 aliphatic rings. The SMILES string of the molecule is O=C(c1cc(C(F)(F)F)cc(C(F)(F)F)c1Cc1ccccc1)N1CCNCC1. The molecule has 3 nitrogen and oxygen atoms in total. The second-order valence-corrected chi connectivity index (χ2v) is 6.75. The van der Waals surface area contributed by atoms with Gasteiger partial charge in [-0.3, -0.25) is 4.79 Å². The van der Waals surface area contributed by atoms with Crippen molar-refractivity contribution in [3.8, 4) is 0 Å². The molecule has 1 fully saturated rings. The van der Waals surface area contributed by atoms with Crippen LogP contribution in [0.3, 0.4) is 0 Å². The van der Waals surface area contributed by atoms with Crippen LogP contribution in [0.2, 0.25) is 0 Å². The van der Waals surface area contributed by atoms with Gasteiger partial charge in [0.2, 0.25) is 0 Å². The Hall–Kier alpha value is -2.55. The largest absolute Gasteiger partial charge is 0.416 e. The first-order valence-electron chi connectivity index (χ1n) is 8.92. The average molecular weight is 416 g/mol. The number of carbonyl (C=O) groups is 1. The lowest BCUT2D eigenvalue weighted by atomic mass is 9.91. The van der Waals surface area contributed by atoms with Crippen molar-refractivity contribution < 1.29 is 31.1 Å². The van der Waals surface area contributed by atoms with Crippen LogP contribution in [0.4, 0.5) is 26.3 Å². The molecule has 1 saturated heterocycles. The molecule has 3 rings (SSSR count). The zero-order valence-electron chi connectivity index (χ0n) is 15.2. The standard InChI is InChI=1S/C20H18F6N2O/c21-19(22,23)14-11-16(18(29)28-8-6-27-7-9-28)15(17(12-14)20(24,25)26)10-13-4-2-1-3-5-13/h1-5,11-12,27H,6-10H2. The van der Waals surface area contributed by atoms with E-state index in [4.69, 9.17) is 0 Å². The Morgan fingerprint density at radius 2 is 1.55 bits per heavy atom. The van der Waals surface area contributed by atoms with Crippen molar-refractivity contribution in [3.05, 3.63) is 70.3 Å². The van der Waals surface area contributed by atoms with E-state index in [1.807, 2.05) is 0 Å². The fraction of sp³-hybridized carbons (Fsp3) is 0.350. The van der Waals surface area contributed by atoms with E-state index in [1.165, 1.54) is 4.90 Å². The van der Waals surface area contributed by atoms with E-state index in [1.54, 1.807) is 30.3 Å². The van der Waals surface area contributed by atoms with Crippen molar-refractivity contribution in [3.63, 3.8) is 0 Å². The van der Waals surface area contributed by atoms with Crippen molar-refractivity contribution in [1.82, 2.24) is 10.2 Å². The van der Waals surface area contributed by atoms with Gasteiger partial charge in [0.15, 0.2) is 0 Å². The second-order valence-electron chi connectivity index (χ2n) is 6.75. The molecule has 29 heavy (non-hydrogen) atoms. The van der Waals surface area contributed by atoms with E-state index in [0.717, 1.165) is 0 Å². The van der Waals surface area contributed by atoms with E-state index in [9.17, 15) is 31.1 Å².